The maximum atomic E-state index is 12.3. The molecule has 2 heterocycles. The van der Waals surface area contributed by atoms with Gasteiger partial charge in [0, 0.05) is 18.6 Å². The second-order valence-electron chi connectivity index (χ2n) is 6.26. The summed E-state index contributed by atoms with van der Waals surface area (Å²) in [7, 11) is 1.55. The number of methoxy groups -OCH3 is 1. The van der Waals surface area contributed by atoms with E-state index in [4.69, 9.17) is 14.2 Å². The summed E-state index contributed by atoms with van der Waals surface area (Å²) < 4.78 is 16.3. The van der Waals surface area contributed by atoms with Crippen molar-refractivity contribution in [3.05, 3.63) is 29.8 Å². The van der Waals surface area contributed by atoms with E-state index in [0.29, 0.717) is 23.5 Å². The number of benzene rings is 1. The molecule has 2 aliphatic rings. The van der Waals surface area contributed by atoms with Crippen LogP contribution in [0.25, 0.3) is 0 Å². The van der Waals surface area contributed by atoms with Crippen LogP contribution in [-0.4, -0.2) is 53.2 Å². The lowest BCUT2D eigenvalue weighted by atomic mass is 9.94. The number of aliphatic hydroxyl groups is 1. The van der Waals surface area contributed by atoms with Crippen LogP contribution in [-0.2, 0) is 9.47 Å². The van der Waals surface area contributed by atoms with E-state index in [9.17, 15) is 14.7 Å². The minimum absolute atomic E-state index is 0.116. The fourth-order valence-corrected chi connectivity index (χ4v) is 4.00. The molecule has 2 N–H and O–H groups in total. The van der Waals surface area contributed by atoms with Crippen molar-refractivity contribution >= 4 is 23.0 Å². The summed E-state index contributed by atoms with van der Waals surface area (Å²) in [6.45, 7) is 1.81. The van der Waals surface area contributed by atoms with Gasteiger partial charge >= 0.3 is 5.97 Å². The van der Waals surface area contributed by atoms with Crippen molar-refractivity contribution in [3.63, 3.8) is 0 Å². The number of carbonyl (C=O) groups is 2. The Bertz CT molecular complexity index is 651. The summed E-state index contributed by atoms with van der Waals surface area (Å²) in [5, 5.41) is 13.3. The number of nitrogens with one attached hydrogen (secondary N) is 1. The smallest absolute Gasteiger partial charge is 0.338 e. The number of rotatable bonds is 4. The standard InChI is InChI=1S/C17H21NO6S/c1-10-7-13(8-17(21,24-10)14-9-25-16(20)18-14)23-15(19)11-3-5-12(22-2)6-4-11/h3-6,10,13-14,21H,7-9H2,1-2H3,(H,18,20)/t10-,13-,14+,17-/m1/s1. The van der Waals surface area contributed by atoms with E-state index >= 15 is 0 Å². The molecule has 3 rings (SSSR count). The third kappa shape index (κ3) is 4.08. The third-order valence-corrected chi connectivity index (χ3v) is 5.22. The molecular formula is C17H21NO6S. The molecule has 0 bridgehead atoms. The zero-order valence-corrected chi connectivity index (χ0v) is 14.9. The predicted molar refractivity (Wildman–Crippen MR) is 91.7 cm³/mol. The van der Waals surface area contributed by atoms with Gasteiger partial charge in [-0.3, -0.25) is 4.79 Å². The Labute approximate surface area is 150 Å². The minimum atomic E-state index is -1.54. The molecule has 0 aliphatic carbocycles. The molecule has 25 heavy (non-hydrogen) atoms. The second kappa shape index (κ2) is 7.23. The third-order valence-electron chi connectivity index (χ3n) is 4.34. The van der Waals surface area contributed by atoms with E-state index in [-0.39, 0.29) is 17.8 Å². The average Bonchev–Trinajstić information content (AvgIpc) is 3.01. The van der Waals surface area contributed by atoms with E-state index in [1.807, 2.05) is 6.92 Å². The van der Waals surface area contributed by atoms with Crippen LogP contribution in [0.15, 0.2) is 24.3 Å². The molecule has 7 nitrogen and oxygen atoms in total. The van der Waals surface area contributed by atoms with Gasteiger partial charge in [-0.2, -0.15) is 0 Å². The Balaban J connectivity index is 1.66. The van der Waals surface area contributed by atoms with Crippen LogP contribution in [0.2, 0.25) is 0 Å². The number of hydrogen-bond donors (Lipinski definition) is 2. The Hall–Kier alpha value is -1.77. The van der Waals surface area contributed by atoms with Gasteiger partial charge in [-0.1, -0.05) is 11.8 Å². The molecule has 0 radical (unpaired) electrons. The first-order valence-electron chi connectivity index (χ1n) is 8.08. The molecule has 0 unspecified atom stereocenters. The first-order chi connectivity index (χ1) is 11.9. The lowest BCUT2D eigenvalue weighted by molar-refractivity contribution is -0.277. The molecule has 2 saturated heterocycles. The van der Waals surface area contributed by atoms with Crippen molar-refractivity contribution in [2.24, 2.45) is 0 Å². The molecule has 1 amide bonds. The van der Waals surface area contributed by atoms with Crippen LogP contribution < -0.4 is 10.1 Å². The lowest BCUT2D eigenvalue weighted by Gasteiger charge is -2.42. The Kier molecular flexibility index (Phi) is 5.21. The highest BCUT2D eigenvalue weighted by Gasteiger charge is 2.48. The maximum absolute atomic E-state index is 12.3. The molecule has 0 aromatic heterocycles. The first kappa shape index (κ1) is 18.0. The molecule has 0 spiro atoms. The fourth-order valence-electron chi connectivity index (χ4n) is 3.11. The maximum Gasteiger partial charge on any atom is 0.338 e. The number of hydrogen-bond acceptors (Lipinski definition) is 7. The fraction of sp³-hybridized carbons (Fsp3) is 0.529. The van der Waals surface area contributed by atoms with Gasteiger partial charge in [0.1, 0.15) is 11.9 Å². The van der Waals surface area contributed by atoms with Crippen molar-refractivity contribution in [1.82, 2.24) is 5.32 Å². The summed E-state index contributed by atoms with van der Waals surface area (Å²) in [4.78, 5) is 23.8. The monoisotopic (exact) mass is 367 g/mol. The summed E-state index contributed by atoms with van der Waals surface area (Å²) in [5.74, 6) is -0.933. The molecule has 2 fully saturated rings. The molecular weight excluding hydrogens is 346 g/mol. The van der Waals surface area contributed by atoms with Gasteiger partial charge in [0.25, 0.3) is 5.24 Å². The highest BCUT2D eigenvalue weighted by atomic mass is 32.2. The second-order valence-corrected chi connectivity index (χ2v) is 7.26. The normalized spacial score (nSPS) is 32.1. The van der Waals surface area contributed by atoms with Crippen LogP contribution >= 0.6 is 11.8 Å². The van der Waals surface area contributed by atoms with Crippen molar-refractivity contribution in [3.8, 4) is 5.75 Å². The SMILES string of the molecule is COc1ccc(C(=O)O[C@@H]2C[C@@H](C)O[C@@](O)([C@@H]3CSC(=O)N3)C2)cc1. The topological polar surface area (TPSA) is 94.1 Å². The van der Waals surface area contributed by atoms with Crippen molar-refractivity contribution in [1.29, 1.82) is 0 Å². The molecule has 4 atom stereocenters. The van der Waals surface area contributed by atoms with Crippen molar-refractivity contribution in [2.75, 3.05) is 12.9 Å². The zero-order chi connectivity index (χ0) is 18.0. The van der Waals surface area contributed by atoms with E-state index < -0.39 is 23.9 Å². The predicted octanol–water partition coefficient (Wildman–Crippen LogP) is 1.93. The number of thioether (sulfide) groups is 1. The number of amides is 1. The summed E-state index contributed by atoms with van der Waals surface area (Å²) >= 11 is 1.10. The number of ether oxygens (including phenoxy) is 3. The van der Waals surface area contributed by atoms with Gasteiger partial charge in [0.2, 0.25) is 0 Å². The van der Waals surface area contributed by atoms with Crippen LogP contribution in [0.5, 0.6) is 5.75 Å². The van der Waals surface area contributed by atoms with Crippen LogP contribution in [0.1, 0.15) is 30.1 Å². The quantitative estimate of drug-likeness (QED) is 0.785. The van der Waals surface area contributed by atoms with Crippen molar-refractivity contribution in [2.45, 2.75) is 43.8 Å². The van der Waals surface area contributed by atoms with Crippen LogP contribution in [0.3, 0.4) is 0 Å². The Morgan fingerprint density at radius 3 is 2.72 bits per heavy atom. The average molecular weight is 367 g/mol. The summed E-state index contributed by atoms with van der Waals surface area (Å²) in [5.41, 5.74) is 0.410. The molecule has 8 heteroatoms. The van der Waals surface area contributed by atoms with Gasteiger partial charge in [0.15, 0.2) is 5.79 Å². The lowest BCUT2D eigenvalue weighted by Crippen LogP contribution is -2.58. The summed E-state index contributed by atoms with van der Waals surface area (Å²) in [6, 6.07) is 6.11. The van der Waals surface area contributed by atoms with Gasteiger partial charge < -0.3 is 24.6 Å². The summed E-state index contributed by atoms with van der Waals surface area (Å²) in [6.07, 6.45) is -0.191. The minimum Gasteiger partial charge on any atom is -0.497 e. The molecule has 1 aromatic carbocycles. The van der Waals surface area contributed by atoms with E-state index in [1.165, 1.54) is 0 Å². The van der Waals surface area contributed by atoms with Crippen molar-refractivity contribution < 1.29 is 28.9 Å². The molecule has 0 saturated carbocycles. The Morgan fingerprint density at radius 1 is 1.40 bits per heavy atom. The highest BCUT2D eigenvalue weighted by molar-refractivity contribution is 8.14. The number of esters is 1. The van der Waals surface area contributed by atoms with Gasteiger partial charge in [-0.05, 0) is 31.2 Å². The van der Waals surface area contributed by atoms with E-state index in [2.05, 4.69) is 5.32 Å². The first-order valence-corrected chi connectivity index (χ1v) is 9.06. The zero-order valence-electron chi connectivity index (χ0n) is 14.1. The van der Waals surface area contributed by atoms with Gasteiger partial charge in [0.05, 0.1) is 24.8 Å². The van der Waals surface area contributed by atoms with E-state index in [0.717, 1.165) is 11.8 Å². The van der Waals surface area contributed by atoms with Crippen LogP contribution in [0, 0.1) is 0 Å². The highest BCUT2D eigenvalue weighted by Crippen LogP contribution is 2.35. The van der Waals surface area contributed by atoms with E-state index in [1.54, 1.807) is 31.4 Å². The number of carbonyl (C=O) groups excluding carboxylic acids is 2. The van der Waals surface area contributed by atoms with Gasteiger partial charge in [-0.15, -0.1) is 0 Å². The molecule has 1 aromatic rings. The molecule has 2 aliphatic heterocycles. The van der Waals surface area contributed by atoms with Gasteiger partial charge in [-0.25, -0.2) is 4.79 Å². The Morgan fingerprint density at radius 2 is 2.12 bits per heavy atom. The molecule has 136 valence electrons. The largest absolute Gasteiger partial charge is 0.497 e. The van der Waals surface area contributed by atoms with Crippen LogP contribution in [0.4, 0.5) is 4.79 Å².